The molecular formula is C32H22N2O6. The number of benzene rings is 4. The fourth-order valence-electron chi connectivity index (χ4n) is 4.48. The molecule has 0 aromatic heterocycles. The van der Waals surface area contributed by atoms with E-state index in [1.165, 1.54) is 0 Å². The lowest BCUT2D eigenvalue weighted by Gasteiger charge is -2.12. The highest BCUT2D eigenvalue weighted by Gasteiger charge is 2.37. The number of imide groups is 2. The molecular weight excluding hydrogens is 508 g/mol. The molecule has 0 bridgehead atoms. The van der Waals surface area contributed by atoms with Crippen LogP contribution in [0.15, 0.2) is 109 Å². The van der Waals surface area contributed by atoms with Crippen LogP contribution in [0.4, 0.5) is 0 Å². The highest BCUT2D eigenvalue weighted by atomic mass is 16.2. The van der Waals surface area contributed by atoms with Gasteiger partial charge in [0.1, 0.15) is 0 Å². The molecule has 8 heteroatoms. The summed E-state index contributed by atoms with van der Waals surface area (Å²) < 4.78 is 0. The monoisotopic (exact) mass is 530 g/mol. The Kier molecular flexibility index (Phi) is 7.24. The van der Waals surface area contributed by atoms with Crippen molar-refractivity contribution in [3.63, 3.8) is 0 Å². The molecule has 2 aliphatic heterocycles. The fourth-order valence-corrected chi connectivity index (χ4v) is 4.48. The summed E-state index contributed by atoms with van der Waals surface area (Å²) in [5, 5.41) is 0. The molecule has 0 N–H and O–H groups in total. The standard InChI is InChI=1S/2C16H11NO3/c2*18-14(11-6-2-1-3-7-11)10-17-15(19)12-8-4-5-9-13(12)16(17)20/h2*1-9H,10H2. The van der Waals surface area contributed by atoms with Gasteiger partial charge in [-0.25, -0.2) is 0 Å². The van der Waals surface area contributed by atoms with Gasteiger partial charge in [0.2, 0.25) is 0 Å². The van der Waals surface area contributed by atoms with E-state index in [4.69, 9.17) is 0 Å². The van der Waals surface area contributed by atoms with E-state index in [9.17, 15) is 28.8 Å². The lowest BCUT2D eigenvalue weighted by atomic mass is 10.1. The summed E-state index contributed by atoms with van der Waals surface area (Å²) in [4.78, 5) is 74.7. The summed E-state index contributed by atoms with van der Waals surface area (Å²) in [5.41, 5.74) is 2.42. The van der Waals surface area contributed by atoms with Crippen molar-refractivity contribution < 1.29 is 28.8 Å². The van der Waals surface area contributed by atoms with E-state index < -0.39 is 23.6 Å². The van der Waals surface area contributed by atoms with Crippen LogP contribution < -0.4 is 0 Å². The molecule has 0 atom stereocenters. The van der Waals surface area contributed by atoms with Crippen LogP contribution in [0.25, 0.3) is 0 Å². The zero-order chi connectivity index (χ0) is 28.2. The van der Waals surface area contributed by atoms with Gasteiger partial charge < -0.3 is 0 Å². The van der Waals surface area contributed by atoms with Gasteiger partial charge >= 0.3 is 0 Å². The topological polar surface area (TPSA) is 109 Å². The molecule has 0 fully saturated rings. The van der Waals surface area contributed by atoms with Crippen molar-refractivity contribution in [2.75, 3.05) is 13.1 Å². The van der Waals surface area contributed by atoms with Gasteiger partial charge in [0.25, 0.3) is 23.6 Å². The molecule has 6 rings (SSSR count). The lowest BCUT2D eigenvalue weighted by molar-refractivity contribution is 0.0617. The number of hydrogen-bond donors (Lipinski definition) is 0. The first-order valence-corrected chi connectivity index (χ1v) is 12.4. The Bertz CT molecular complexity index is 1470. The van der Waals surface area contributed by atoms with Gasteiger partial charge in [-0.05, 0) is 24.3 Å². The van der Waals surface area contributed by atoms with E-state index in [0.29, 0.717) is 33.4 Å². The Balaban J connectivity index is 0.000000161. The molecule has 0 spiro atoms. The first-order chi connectivity index (χ1) is 19.4. The smallest absolute Gasteiger partial charge is 0.261 e. The minimum atomic E-state index is -0.408. The van der Waals surface area contributed by atoms with Crippen LogP contribution in [0.2, 0.25) is 0 Å². The van der Waals surface area contributed by atoms with E-state index in [1.807, 2.05) is 0 Å². The number of hydrogen-bond acceptors (Lipinski definition) is 6. The third kappa shape index (κ3) is 4.98. The zero-order valence-corrected chi connectivity index (χ0v) is 21.2. The Labute approximate surface area is 229 Å². The molecule has 0 saturated carbocycles. The minimum absolute atomic E-state index is 0.226. The van der Waals surface area contributed by atoms with Crippen LogP contribution in [0.1, 0.15) is 62.1 Å². The maximum Gasteiger partial charge on any atom is 0.261 e. The SMILES string of the molecule is O=C(CN1C(=O)c2ccccc2C1=O)c1ccccc1.O=C(CN1C(=O)c2ccccc2C1=O)c1ccccc1. The molecule has 0 saturated heterocycles. The number of fused-ring (bicyclic) bond motifs is 2. The first kappa shape index (κ1) is 26.1. The second kappa shape index (κ2) is 11.1. The van der Waals surface area contributed by atoms with Gasteiger partial charge in [-0.1, -0.05) is 84.9 Å². The molecule has 8 nitrogen and oxygen atoms in total. The number of amides is 4. The normalized spacial score (nSPS) is 13.5. The second-order valence-electron chi connectivity index (χ2n) is 9.06. The van der Waals surface area contributed by atoms with Gasteiger partial charge in [-0.15, -0.1) is 0 Å². The van der Waals surface area contributed by atoms with E-state index in [2.05, 4.69) is 0 Å². The lowest BCUT2D eigenvalue weighted by Crippen LogP contribution is -2.34. The summed E-state index contributed by atoms with van der Waals surface area (Å²) in [7, 11) is 0. The summed E-state index contributed by atoms with van der Waals surface area (Å²) in [6, 6.07) is 30.5. The molecule has 0 aliphatic carbocycles. The van der Waals surface area contributed by atoms with E-state index in [1.54, 1.807) is 109 Å². The summed E-state index contributed by atoms with van der Waals surface area (Å²) >= 11 is 0. The van der Waals surface area contributed by atoms with Crippen LogP contribution in [0, 0.1) is 0 Å². The van der Waals surface area contributed by atoms with Crippen molar-refractivity contribution in [1.29, 1.82) is 0 Å². The predicted molar refractivity (Wildman–Crippen MR) is 145 cm³/mol. The summed E-state index contributed by atoms with van der Waals surface area (Å²) in [6.07, 6.45) is 0. The van der Waals surface area contributed by atoms with E-state index in [-0.39, 0.29) is 24.7 Å². The van der Waals surface area contributed by atoms with Crippen LogP contribution in [0.5, 0.6) is 0 Å². The third-order valence-corrected chi connectivity index (χ3v) is 6.55. The quantitative estimate of drug-likeness (QED) is 0.271. The number of ketones is 2. The highest BCUT2D eigenvalue weighted by Crippen LogP contribution is 2.23. The molecule has 0 unspecified atom stereocenters. The predicted octanol–water partition coefficient (Wildman–Crippen LogP) is 4.33. The van der Waals surface area contributed by atoms with Crippen molar-refractivity contribution in [1.82, 2.24) is 9.80 Å². The van der Waals surface area contributed by atoms with Crippen LogP contribution in [-0.4, -0.2) is 58.1 Å². The van der Waals surface area contributed by atoms with Gasteiger partial charge in [0, 0.05) is 11.1 Å². The third-order valence-electron chi connectivity index (χ3n) is 6.55. The Morgan fingerprint density at radius 1 is 0.400 bits per heavy atom. The number of nitrogens with zero attached hydrogens (tertiary/aromatic N) is 2. The van der Waals surface area contributed by atoms with Crippen LogP contribution in [0.3, 0.4) is 0 Å². The Hall–Kier alpha value is -5.50. The average Bonchev–Trinajstić information content (AvgIpc) is 3.39. The molecule has 40 heavy (non-hydrogen) atoms. The molecule has 0 radical (unpaired) electrons. The summed E-state index contributed by atoms with van der Waals surface area (Å²) in [5.74, 6) is -2.13. The van der Waals surface area contributed by atoms with Gasteiger partial charge in [-0.2, -0.15) is 0 Å². The van der Waals surface area contributed by atoms with Gasteiger partial charge in [0.05, 0.1) is 35.3 Å². The van der Waals surface area contributed by atoms with Crippen molar-refractivity contribution >= 4 is 35.2 Å². The van der Waals surface area contributed by atoms with E-state index in [0.717, 1.165) is 9.80 Å². The Morgan fingerprint density at radius 3 is 0.925 bits per heavy atom. The van der Waals surface area contributed by atoms with Gasteiger partial charge in [-0.3, -0.25) is 38.6 Å². The molecule has 4 aromatic carbocycles. The van der Waals surface area contributed by atoms with Crippen LogP contribution in [-0.2, 0) is 0 Å². The second-order valence-corrected chi connectivity index (χ2v) is 9.06. The maximum atomic E-state index is 12.1. The molecule has 2 heterocycles. The number of carbonyl (C=O) groups is 6. The first-order valence-electron chi connectivity index (χ1n) is 12.4. The molecule has 196 valence electrons. The van der Waals surface area contributed by atoms with E-state index >= 15 is 0 Å². The number of rotatable bonds is 6. The fraction of sp³-hybridized carbons (Fsp3) is 0.0625. The largest absolute Gasteiger partial charge is 0.292 e. The zero-order valence-electron chi connectivity index (χ0n) is 21.2. The number of carbonyl (C=O) groups excluding carboxylic acids is 6. The van der Waals surface area contributed by atoms with Crippen molar-refractivity contribution in [2.45, 2.75) is 0 Å². The van der Waals surface area contributed by atoms with Crippen molar-refractivity contribution in [2.24, 2.45) is 0 Å². The average molecular weight is 531 g/mol. The molecule has 4 aromatic rings. The number of Topliss-reactive ketones (excluding diaryl/α,β-unsaturated/α-hetero) is 2. The summed E-state index contributed by atoms with van der Waals surface area (Å²) in [6.45, 7) is -0.452. The van der Waals surface area contributed by atoms with Crippen molar-refractivity contribution in [3.05, 3.63) is 143 Å². The molecule has 2 aliphatic rings. The maximum absolute atomic E-state index is 12.1. The molecule has 4 amide bonds. The van der Waals surface area contributed by atoms with Crippen LogP contribution >= 0.6 is 0 Å². The van der Waals surface area contributed by atoms with Crippen molar-refractivity contribution in [3.8, 4) is 0 Å². The minimum Gasteiger partial charge on any atom is -0.292 e. The highest BCUT2D eigenvalue weighted by molar-refractivity contribution is 6.23. The Morgan fingerprint density at radius 2 is 0.650 bits per heavy atom. The van der Waals surface area contributed by atoms with Gasteiger partial charge in [0.15, 0.2) is 11.6 Å².